The second-order valence-electron chi connectivity index (χ2n) is 6.04. The maximum Gasteiger partial charge on any atom is 0.0965 e. The lowest BCUT2D eigenvalue weighted by molar-refractivity contribution is 0.229. The molecule has 0 saturated carbocycles. The predicted octanol–water partition coefficient (Wildman–Crippen LogP) is 1.28. The molecule has 2 N–H and O–H groups in total. The molecule has 1 aromatic heterocycles. The highest BCUT2D eigenvalue weighted by Crippen LogP contribution is 2.13. The average molecular weight is 240 g/mol. The van der Waals surface area contributed by atoms with Crippen LogP contribution in [0.4, 0.5) is 0 Å². The van der Waals surface area contributed by atoms with Gasteiger partial charge in [0.2, 0.25) is 0 Å². The Bertz CT molecular complexity index is 352. The summed E-state index contributed by atoms with van der Waals surface area (Å²) in [4.78, 5) is 0. The fourth-order valence-electron chi connectivity index (χ4n) is 1.40. The van der Waals surface area contributed by atoms with Gasteiger partial charge in [0, 0.05) is 18.7 Å². The predicted molar refractivity (Wildman–Crippen MR) is 67.6 cm³/mol. The summed E-state index contributed by atoms with van der Waals surface area (Å²) in [7, 11) is 0. The van der Waals surface area contributed by atoms with Crippen molar-refractivity contribution in [3.8, 4) is 0 Å². The topological polar surface area (TPSA) is 63.0 Å². The van der Waals surface area contributed by atoms with Gasteiger partial charge in [-0.2, -0.15) is 0 Å². The molecular formula is C12H24N4O. The monoisotopic (exact) mass is 240 g/mol. The number of aliphatic hydroxyl groups excluding tert-OH is 1. The van der Waals surface area contributed by atoms with E-state index in [0.717, 1.165) is 12.1 Å². The Hall–Kier alpha value is -0.940. The molecule has 0 aromatic carbocycles. The van der Waals surface area contributed by atoms with Crippen molar-refractivity contribution in [2.45, 2.75) is 58.7 Å². The normalized spacial score (nSPS) is 13.1. The summed E-state index contributed by atoms with van der Waals surface area (Å²) in [6, 6.07) is 0. The molecule has 0 atom stereocenters. The van der Waals surface area contributed by atoms with Crippen LogP contribution in [0.2, 0.25) is 0 Å². The largest absolute Gasteiger partial charge is 0.396 e. The lowest BCUT2D eigenvalue weighted by Gasteiger charge is -2.24. The van der Waals surface area contributed by atoms with Crippen molar-refractivity contribution in [1.29, 1.82) is 0 Å². The second-order valence-corrected chi connectivity index (χ2v) is 6.04. The van der Waals surface area contributed by atoms with Gasteiger partial charge in [0.25, 0.3) is 0 Å². The summed E-state index contributed by atoms with van der Waals surface area (Å²) in [6.45, 7) is 11.3. The van der Waals surface area contributed by atoms with Crippen LogP contribution in [0.1, 0.15) is 46.7 Å². The lowest BCUT2D eigenvalue weighted by Crippen LogP contribution is -2.39. The Balaban J connectivity index is 2.56. The van der Waals surface area contributed by atoms with Gasteiger partial charge in [0.1, 0.15) is 0 Å². The van der Waals surface area contributed by atoms with E-state index in [1.165, 1.54) is 0 Å². The molecule has 5 nitrogen and oxygen atoms in total. The molecular weight excluding hydrogens is 216 g/mol. The van der Waals surface area contributed by atoms with Crippen LogP contribution >= 0.6 is 0 Å². The highest BCUT2D eigenvalue weighted by Gasteiger charge is 2.18. The van der Waals surface area contributed by atoms with Crippen LogP contribution in [0.25, 0.3) is 0 Å². The van der Waals surface area contributed by atoms with Crippen LogP contribution in [-0.4, -0.2) is 32.2 Å². The van der Waals surface area contributed by atoms with Crippen molar-refractivity contribution in [1.82, 2.24) is 20.3 Å². The van der Waals surface area contributed by atoms with Crippen molar-refractivity contribution < 1.29 is 5.11 Å². The molecule has 0 aliphatic carbocycles. The van der Waals surface area contributed by atoms with Gasteiger partial charge in [0.05, 0.1) is 17.4 Å². The van der Waals surface area contributed by atoms with E-state index < -0.39 is 0 Å². The molecule has 0 aliphatic rings. The highest BCUT2D eigenvalue weighted by atomic mass is 16.3. The molecule has 0 spiro atoms. The fourth-order valence-corrected chi connectivity index (χ4v) is 1.40. The minimum atomic E-state index is -0.0831. The van der Waals surface area contributed by atoms with Crippen molar-refractivity contribution in [3.63, 3.8) is 0 Å². The zero-order valence-electron chi connectivity index (χ0n) is 11.5. The van der Waals surface area contributed by atoms with Gasteiger partial charge in [0.15, 0.2) is 0 Å². The van der Waals surface area contributed by atoms with E-state index in [1.54, 1.807) is 0 Å². The van der Waals surface area contributed by atoms with Gasteiger partial charge in [-0.1, -0.05) is 5.21 Å². The molecule has 0 fully saturated rings. The summed E-state index contributed by atoms with van der Waals surface area (Å²) >= 11 is 0. The summed E-state index contributed by atoms with van der Waals surface area (Å²) in [5.74, 6) is 0. The van der Waals surface area contributed by atoms with Crippen molar-refractivity contribution in [2.75, 3.05) is 6.61 Å². The number of hydrogen-bond acceptors (Lipinski definition) is 4. The molecule has 5 heteroatoms. The van der Waals surface area contributed by atoms with E-state index in [2.05, 4.69) is 50.2 Å². The first-order valence-corrected chi connectivity index (χ1v) is 6.02. The Morgan fingerprint density at radius 3 is 2.41 bits per heavy atom. The van der Waals surface area contributed by atoms with Gasteiger partial charge in [-0.15, -0.1) is 5.10 Å². The lowest BCUT2D eigenvalue weighted by atomic mass is 10.0. The smallest absolute Gasteiger partial charge is 0.0965 e. The Kier molecular flexibility index (Phi) is 4.27. The maximum absolute atomic E-state index is 8.94. The van der Waals surface area contributed by atoms with E-state index >= 15 is 0 Å². The molecule has 0 aliphatic heterocycles. The van der Waals surface area contributed by atoms with Crippen LogP contribution in [0.3, 0.4) is 0 Å². The Morgan fingerprint density at radius 2 is 1.94 bits per heavy atom. The molecule has 1 aromatic rings. The van der Waals surface area contributed by atoms with Crippen LogP contribution in [0.15, 0.2) is 6.20 Å². The fraction of sp³-hybridized carbons (Fsp3) is 0.833. The first-order valence-electron chi connectivity index (χ1n) is 6.02. The van der Waals surface area contributed by atoms with E-state index in [-0.39, 0.29) is 17.7 Å². The van der Waals surface area contributed by atoms with Gasteiger partial charge >= 0.3 is 0 Å². The number of rotatable bonds is 5. The highest BCUT2D eigenvalue weighted by molar-refractivity contribution is 4.95. The third-order valence-electron chi connectivity index (χ3n) is 2.71. The summed E-state index contributed by atoms with van der Waals surface area (Å²) in [5, 5.41) is 20.5. The average Bonchev–Trinajstić information content (AvgIpc) is 2.62. The molecule has 0 bridgehead atoms. The van der Waals surface area contributed by atoms with Crippen molar-refractivity contribution in [3.05, 3.63) is 11.9 Å². The van der Waals surface area contributed by atoms with Gasteiger partial charge in [-0.3, -0.25) is 0 Å². The molecule has 0 radical (unpaired) electrons. The van der Waals surface area contributed by atoms with E-state index in [1.807, 2.05) is 10.9 Å². The van der Waals surface area contributed by atoms with Crippen LogP contribution < -0.4 is 5.32 Å². The number of hydrogen-bond donors (Lipinski definition) is 2. The third-order valence-corrected chi connectivity index (χ3v) is 2.71. The molecule has 0 amide bonds. The minimum absolute atomic E-state index is 0.0358. The number of nitrogens with zero attached hydrogens (tertiary/aromatic N) is 3. The Labute approximate surface area is 103 Å². The minimum Gasteiger partial charge on any atom is -0.396 e. The van der Waals surface area contributed by atoms with Crippen LogP contribution in [0.5, 0.6) is 0 Å². The van der Waals surface area contributed by atoms with Crippen LogP contribution in [-0.2, 0) is 12.1 Å². The molecule has 1 rings (SSSR count). The zero-order valence-corrected chi connectivity index (χ0v) is 11.5. The third kappa shape index (κ3) is 4.44. The Morgan fingerprint density at radius 1 is 1.29 bits per heavy atom. The summed E-state index contributed by atoms with van der Waals surface area (Å²) in [5.41, 5.74) is 0.803. The van der Waals surface area contributed by atoms with Gasteiger partial charge < -0.3 is 10.4 Å². The first-order chi connectivity index (χ1) is 7.74. The summed E-state index contributed by atoms with van der Waals surface area (Å²) < 4.78 is 1.86. The van der Waals surface area contributed by atoms with E-state index in [0.29, 0.717) is 6.54 Å². The van der Waals surface area contributed by atoms with Crippen molar-refractivity contribution >= 4 is 0 Å². The molecule has 98 valence electrons. The molecule has 1 heterocycles. The maximum atomic E-state index is 8.94. The van der Waals surface area contributed by atoms with E-state index in [4.69, 9.17) is 5.11 Å². The summed E-state index contributed by atoms with van der Waals surface area (Å²) in [6.07, 6.45) is 2.68. The molecule has 0 unspecified atom stereocenters. The number of aromatic nitrogens is 3. The number of nitrogens with one attached hydrogen (secondary N) is 1. The van der Waals surface area contributed by atoms with Crippen LogP contribution in [0, 0.1) is 0 Å². The standard InChI is InChI=1S/C12H24N4O/c1-11(2,3)16-9-10(14-15-16)8-13-12(4,5)6-7-17/h9,13,17H,6-8H2,1-5H3. The van der Waals surface area contributed by atoms with Gasteiger partial charge in [-0.25, -0.2) is 4.68 Å². The first kappa shape index (κ1) is 14.1. The SMILES string of the molecule is CC(C)(CCO)NCc1cn(C(C)(C)C)nn1. The zero-order chi connectivity index (χ0) is 13.1. The quantitative estimate of drug-likeness (QED) is 0.814. The number of aliphatic hydroxyl groups is 1. The van der Waals surface area contributed by atoms with Crippen molar-refractivity contribution in [2.24, 2.45) is 0 Å². The second kappa shape index (κ2) is 5.14. The molecule has 17 heavy (non-hydrogen) atoms. The van der Waals surface area contributed by atoms with Gasteiger partial charge in [-0.05, 0) is 41.0 Å². The van der Waals surface area contributed by atoms with E-state index in [9.17, 15) is 0 Å². The molecule has 0 saturated heterocycles.